The molecule has 0 atom stereocenters. The Bertz CT molecular complexity index is 521. The van der Waals surface area contributed by atoms with Crippen LogP contribution >= 0.6 is 0 Å². The summed E-state index contributed by atoms with van der Waals surface area (Å²) in [4.78, 5) is 20.9. The lowest BCUT2D eigenvalue weighted by molar-refractivity contribution is -0.0849. The summed E-state index contributed by atoms with van der Waals surface area (Å²) in [6, 6.07) is 0. The highest BCUT2D eigenvalue weighted by molar-refractivity contribution is 5.89. The van der Waals surface area contributed by atoms with E-state index in [1.54, 1.807) is 7.11 Å². The molecule has 1 aromatic heterocycles. The smallest absolute Gasteiger partial charge is 0.357 e. The Balaban J connectivity index is 2.10. The topological polar surface area (TPSA) is 73.3 Å². The molecule has 6 heteroatoms. The first kappa shape index (κ1) is 12.5. The average Bonchev–Trinajstić information content (AvgIpc) is 2.84. The first-order valence-electron chi connectivity index (χ1n) is 6.44. The number of nitrogens with zero attached hydrogens (tertiary/aromatic N) is 2. The molecular formula is C13H17N3O3. The van der Waals surface area contributed by atoms with Crippen molar-refractivity contribution < 1.29 is 14.3 Å². The summed E-state index contributed by atoms with van der Waals surface area (Å²) in [6.45, 7) is 1.27. The van der Waals surface area contributed by atoms with Crippen molar-refractivity contribution >= 4 is 5.97 Å². The summed E-state index contributed by atoms with van der Waals surface area (Å²) in [5, 5.41) is 3.19. The maximum absolute atomic E-state index is 11.9. The van der Waals surface area contributed by atoms with E-state index in [1.807, 2.05) is 0 Å². The van der Waals surface area contributed by atoms with Gasteiger partial charge in [-0.2, -0.15) is 0 Å². The molecule has 2 aliphatic rings. The van der Waals surface area contributed by atoms with Crippen molar-refractivity contribution in [3.05, 3.63) is 22.8 Å². The van der Waals surface area contributed by atoms with E-state index in [9.17, 15) is 4.79 Å². The molecule has 19 heavy (non-hydrogen) atoms. The van der Waals surface area contributed by atoms with E-state index in [-0.39, 0.29) is 0 Å². The zero-order valence-electron chi connectivity index (χ0n) is 11.2. The third-order valence-corrected chi connectivity index (χ3v) is 4.03. The van der Waals surface area contributed by atoms with Crippen molar-refractivity contribution in [3.63, 3.8) is 0 Å². The van der Waals surface area contributed by atoms with Crippen molar-refractivity contribution in [2.45, 2.75) is 38.0 Å². The van der Waals surface area contributed by atoms with E-state index < -0.39 is 11.6 Å². The number of nitrogens with one attached hydrogen (secondary N) is 1. The fraction of sp³-hybridized carbons (Fsp3) is 0.615. The van der Waals surface area contributed by atoms with Gasteiger partial charge in [0.1, 0.15) is 5.60 Å². The average molecular weight is 263 g/mol. The van der Waals surface area contributed by atoms with E-state index in [0.717, 1.165) is 30.5 Å². The number of carbonyl (C=O) groups is 1. The molecule has 1 N–H and O–H groups in total. The van der Waals surface area contributed by atoms with Gasteiger partial charge in [0.15, 0.2) is 11.5 Å². The van der Waals surface area contributed by atoms with Gasteiger partial charge in [-0.25, -0.2) is 14.8 Å². The van der Waals surface area contributed by atoms with Crippen LogP contribution in [0, 0.1) is 0 Å². The number of methoxy groups -OCH3 is 2. The molecule has 0 bridgehead atoms. The second kappa shape index (κ2) is 4.54. The highest BCUT2D eigenvalue weighted by atomic mass is 16.5. The van der Waals surface area contributed by atoms with Crippen LogP contribution in [-0.2, 0) is 28.2 Å². The number of fused-ring (bicyclic) bond motifs is 1. The summed E-state index contributed by atoms with van der Waals surface area (Å²) in [6.07, 6.45) is 2.90. The number of esters is 1. The summed E-state index contributed by atoms with van der Waals surface area (Å²) in [7, 11) is 3.04. The van der Waals surface area contributed by atoms with E-state index in [1.165, 1.54) is 7.11 Å². The highest BCUT2D eigenvalue weighted by Gasteiger charge is 2.43. The van der Waals surface area contributed by atoms with Crippen LogP contribution in [0.25, 0.3) is 0 Å². The zero-order chi connectivity index (χ0) is 13.5. The normalized spacial score (nSPS) is 19.7. The van der Waals surface area contributed by atoms with Crippen LogP contribution in [0.1, 0.15) is 46.8 Å². The quantitative estimate of drug-likeness (QED) is 0.816. The van der Waals surface area contributed by atoms with Crippen LogP contribution in [0.4, 0.5) is 0 Å². The Hall–Kier alpha value is -1.53. The molecule has 1 aromatic rings. The Morgan fingerprint density at radius 2 is 2.05 bits per heavy atom. The fourth-order valence-corrected chi connectivity index (χ4v) is 2.65. The van der Waals surface area contributed by atoms with Gasteiger partial charge in [-0.1, -0.05) is 0 Å². The monoisotopic (exact) mass is 263 g/mol. The number of aromatic nitrogens is 2. The summed E-state index contributed by atoms with van der Waals surface area (Å²) in [5.74, 6) is 0.207. The summed E-state index contributed by atoms with van der Waals surface area (Å²) < 4.78 is 10.4. The number of rotatable bonds is 3. The van der Waals surface area contributed by atoms with E-state index >= 15 is 0 Å². The van der Waals surface area contributed by atoms with Gasteiger partial charge in [-0.05, 0) is 19.3 Å². The van der Waals surface area contributed by atoms with Crippen LogP contribution in [0.5, 0.6) is 0 Å². The van der Waals surface area contributed by atoms with Crippen LogP contribution in [0.3, 0.4) is 0 Å². The SMILES string of the molecule is COC(=O)c1nc(C2(OC)CCC2)nc2c1CNC2. The van der Waals surface area contributed by atoms with Crippen molar-refractivity contribution in [1.82, 2.24) is 15.3 Å². The van der Waals surface area contributed by atoms with Crippen molar-refractivity contribution in [2.24, 2.45) is 0 Å². The molecule has 0 aromatic carbocycles. The molecule has 3 rings (SSSR count). The third-order valence-electron chi connectivity index (χ3n) is 4.03. The molecule has 1 saturated carbocycles. The van der Waals surface area contributed by atoms with Gasteiger partial charge in [0.25, 0.3) is 0 Å². The minimum atomic E-state index is -0.416. The molecule has 1 aliphatic heterocycles. The molecule has 1 fully saturated rings. The summed E-state index contributed by atoms with van der Waals surface area (Å²) >= 11 is 0. The van der Waals surface area contributed by atoms with E-state index in [4.69, 9.17) is 9.47 Å². The van der Waals surface area contributed by atoms with Gasteiger partial charge in [-0.3, -0.25) is 0 Å². The van der Waals surface area contributed by atoms with Crippen molar-refractivity contribution in [1.29, 1.82) is 0 Å². The maximum Gasteiger partial charge on any atom is 0.357 e. The molecule has 0 amide bonds. The minimum Gasteiger partial charge on any atom is -0.464 e. The summed E-state index contributed by atoms with van der Waals surface area (Å²) in [5.41, 5.74) is 1.69. The molecule has 0 spiro atoms. The molecule has 0 saturated heterocycles. The third kappa shape index (κ3) is 1.82. The lowest BCUT2D eigenvalue weighted by Gasteiger charge is -2.39. The molecule has 2 heterocycles. The molecular weight excluding hydrogens is 246 g/mol. The Kier molecular flexibility index (Phi) is 2.99. The second-order valence-corrected chi connectivity index (χ2v) is 4.97. The second-order valence-electron chi connectivity index (χ2n) is 4.97. The Morgan fingerprint density at radius 3 is 2.63 bits per heavy atom. The lowest BCUT2D eigenvalue weighted by Crippen LogP contribution is -2.38. The van der Waals surface area contributed by atoms with Crippen molar-refractivity contribution in [2.75, 3.05) is 14.2 Å². The largest absolute Gasteiger partial charge is 0.464 e. The number of ether oxygens (including phenoxy) is 2. The van der Waals surface area contributed by atoms with E-state index in [2.05, 4.69) is 15.3 Å². The minimum absolute atomic E-state index is 0.371. The standard InChI is InChI=1S/C13H17N3O3/c1-18-11(17)10-8-6-14-7-9(8)15-12(16-10)13(19-2)4-3-5-13/h14H,3-7H2,1-2H3. The predicted molar refractivity (Wildman–Crippen MR) is 66.5 cm³/mol. The number of hydrogen-bond donors (Lipinski definition) is 1. The Morgan fingerprint density at radius 1 is 1.26 bits per heavy atom. The van der Waals surface area contributed by atoms with Gasteiger partial charge in [0.05, 0.1) is 12.8 Å². The van der Waals surface area contributed by atoms with Crippen molar-refractivity contribution in [3.8, 4) is 0 Å². The van der Waals surface area contributed by atoms with Crippen LogP contribution < -0.4 is 5.32 Å². The van der Waals surface area contributed by atoms with Crippen LogP contribution in [0.2, 0.25) is 0 Å². The molecule has 0 unspecified atom stereocenters. The number of carbonyl (C=O) groups excluding carboxylic acids is 1. The predicted octanol–water partition coefficient (Wildman–Crippen LogP) is 0.892. The molecule has 0 radical (unpaired) electrons. The van der Waals surface area contributed by atoms with E-state index in [0.29, 0.717) is 24.6 Å². The highest BCUT2D eigenvalue weighted by Crippen LogP contribution is 2.43. The fourth-order valence-electron chi connectivity index (χ4n) is 2.65. The Labute approximate surface area is 111 Å². The zero-order valence-corrected chi connectivity index (χ0v) is 11.2. The molecule has 102 valence electrons. The van der Waals surface area contributed by atoms with Crippen LogP contribution in [0.15, 0.2) is 0 Å². The molecule has 1 aliphatic carbocycles. The number of hydrogen-bond acceptors (Lipinski definition) is 6. The maximum atomic E-state index is 11.9. The van der Waals surface area contributed by atoms with Gasteiger partial charge in [0, 0.05) is 25.8 Å². The lowest BCUT2D eigenvalue weighted by atomic mass is 9.79. The first-order chi connectivity index (χ1) is 9.20. The first-order valence-corrected chi connectivity index (χ1v) is 6.44. The van der Waals surface area contributed by atoms with Gasteiger partial charge in [0.2, 0.25) is 0 Å². The molecule has 6 nitrogen and oxygen atoms in total. The van der Waals surface area contributed by atoms with Gasteiger partial charge in [-0.15, -0.1) is 0 Å². The van der Waals surface area contributed by atoms with Gasteiger partial charge < -0.3 is 14.8 Å². The van der Waals surface area contributed by atoms with Crippen LogP contribution in [-0.4, -0.2) is 30.2 Å². The van der Waals surface area contributed by atoms with Gasteiger partial charge >= 0.3 is 5.97 Å².